The average molecular weight is 451 g/mol. The van der Waals surface area contributed by atoms with Gasteiger partial charge in [-0.2, -0.15) is 0 Å². The number of pyridine rings is 2. The van der Waals surface area contributed by atoms with Crippen molar-refractivity contribution in [2.24, 2.45) is 15.7 Å². The summed E-state index contributed by atoms with van der Waals surface area (Å²) in [5.74, 6) is 0.988. The molecule has 33 heavy (non-hydrogen) atoms. The molecule has 4 N–H and O–H groups in total. The van der Waals surface area contributed by atoms with Gasteiger partial charge in [0.2, 0.25) is 11.8 Å². The Bertz CT molecular complexity index is 1060. The summed E-state index contributed by atoms with van der Waals surface area (Å²) in [6, 6.07) is 3.57. The lowest BCUT2D eigenvalue weighted by atomic mass is 10.0. The Balaban J connectivity index is 0.00000149. The third kappa shape index (κ3) is 5.72. The number of hydrogen-bond acceptors (Lipinski definition) is 9. The monoisotopic (exact) mass is 450 g/mol. The van der Waals surface area contributed by atoms with Crippen LogP contribution in [0.5, 0.6) is 5.88 Å². The molecule has 0 aliphatic carbocycles. The molecule has 0 unspecified atom stereocenters. The van der Waals surface area contributed by atoms with Crippen LogP contribution in [0, 0.1) is 6.92 Å². The molecule has 4 heterocycles. The van der Waals surface area contributed by atoms with Crippen LogP contribution in [0.3, 0.4) is 0 Å². The van der Waals surface area contributed by atoms with Gasteiger partial charge >= 0.3 is 0 Å². The molecule has 0 aromatic carbocycles. The van der Waals surface area contributed by atoms with Crippen molar-refractivity contribution in [3.05, 3.63) is 41.9 Å². The molecule has 2 aromatic rings. The third-order valence-electron chi connectivity index (χ3n) is 5.19. The first-order chi connectivity index (χ1) is 16.0. The highest BCUT2D eigenvalue weighted by Crippen LogP contribution is 2.36. The van der Waals surface area contributed by atoms with Gasteiger partial charge in [0, 0.05) is 31.8 Å². The van der Waals surface area contributed by atoms with Crippen molar-refractivity contribution in [2.75, 3.05) is 48.8 Å². The summed E-state index contributed by atoms with van der Waals surface area (Å²) in [6.07, 6.45) is 6.06. The number of nitrogens with one attached hydrogen (secondary N) is 2. The van der Waals surface area contributed by atoms with Crippen molar-refractivity contribution >= 4 is 41.2 Å². The molecule has 0 saturated carbocycles. The number of piperidine rings is 1. The molecule has 0 radical (unpaired) electrons. The van der Waals surface area contributed by atoms with Gasteiger partial charge in [-0.25, -0.2) is 15.0 Å². The summed E-state index contributed by atoms with van der Waals surface area (Å²) < 4.78 is 5.65. The minimum atomic E-state index is -0.161. The second kappa shape index (κ2) is 11.2. The van der Waals surface area contributed by atoms with Crippen LogP contribution in [0.1, 0.15) is 18.9 Å². The molecule has 2 aliphatic heterocycles. The highest BCUT2D eigenvalue weighted by molar-refractivity contribution is 6.05. The fourth-order valence-corrected chi connectivity index (χ4v) is 3.72. The normalized spacial score (nSPS) is 17.3. The number of nitrogens with zero attached hydrogens (tertiary/aromatic N) is 5. The second-order valence-corrected chi connectivity index (χ2v) is 7.37. The smallest absolute Gasteiger partial charge is 0.237 e. The number of carbonyl (C=O) groups is 1. The molecular formula is C23H30N8O2. The third-order valence-corrected chi connectivity index (χ3v) is 5.19. The van der Waals surface area contributed by atoms with Gasteiger partial charge in [0.25, 0.3) is 0 Å². The first-order valence-electron chi connectivity index (χ1n) is 10.7. The largest absolute Gasteiger partial charge is 0.474 e. The van der Waals surface area contributed by atoms with Crippen LogP contribution >= 0.6 is 0 Å². The molecule has 4 rings (SSSR count). The van der Waals surface area contributed by atoms with E-state index in [1.54, 1.807) is 18.5 Å². The van der Waals surface area contributed by atoms with Gasteiger partial charge in [-0.3, -0.25) is 9.79 Å². The van der Waals surface area contributed by atoms with Crippen molar-refractivity contribution in [1.82, 2.24) is 9.97 Å². The Hall–Kier alpha value is -3.79. The Labute approximate surface area is 193 Å². The highest BCUT2D eigenvalue weighted by Gasteiger charge is 2.25. The van der Waals surface area contributed by atoms with Gasteiger partial charge in [0.1, 0.15) is 18.1 Å². The number of anilines is 3. The number of rotatable bonds is 4. The Kier molecular flexibility index (Phi) is 8.09. The van der Waals surface area contributed by atoms with Crippen LogP contribution in [0.2, 0.25) is 0 Å². The van der Waals surface area contributed by atoms with Crippen LogP contribution in [-0.2, 0) is 4.79 Å². The molecule has 1 fully saturated rings. The second-order valence-electron chi connectivity index (χ2n) is 7.37. The minimum Gasteiger partial charge on any atom is -0.474 e. The summed E-state index contributed by atoms with van der Waals surface area (Å²) in [7, 11) is 1.50. The van der Waals surface area contributed by atoms with E-state index in [2.05, 4.69) is 49.9 Å². The van der Waals surface area contributed by atoms with Gasteiger partial charge in [-0.15, -0.1) is 0 Å². The Morgan fingerprint density at radius 2 is 2.15 bits per heavy atom. The van der Waals surface area contributed by atoms with Crippen LogP contribution in [-0.4, -0.2) is 61.6 Å². The number of carbonyl (C=O) groups excluding carboxylic acids is 1. The number of amides is 1. The molecule has 174 valence electrons. The van der Waals surface area contributed by atoms with E-state index in [4.69, 9.17) is 9.73 Å². The van der Waals surface area contributed by atoms with Crippen LogP contribution < -0.4 is 26.0 Å². The number of hydrogen-bond donors (Lipinski definition) is 3. The predicted octanol–water partition coefficient (Wildman–Crippen LogP) is 2.69. The molecule has 0 bridgehead atoms. The number of nitrogens with two attached hydrogens (primary N) is 1. The van der Waals surface area contributed by atoms with E-state index in [9.17, 15) is 4.79 Å². The summed E-state index contributed by atoms with van der Waals surface area (Å²) in [4.78, 5) is 31.0. The van der Waals surface area contributed by atoms with Gasteiger partial charge in [0.15, 0.2) is 0 Å². The van der Waals surface area contributed by atoms with Gasteiger partial charge < -0.3 is 26.0 Å². The lowest BCUT2D eigenvalue weighted by molar-refractivity contribution is -0.114. The summed E-state index contributed by atoms with van der Waals surface area (Å²) in [6.45, 7) is 9.94. The van der Waals surface area contributed by atoms with Crippen molar-refractivity contribution < 1.29 is 9.53 Å². The standard InChI is InChI=1S/C22H25N7O2.CH5N/c1-14-19(12-26-22-21(14)24-7-9-31-22)29-8-6-16(10-23-3)18(13-29)28-17-4-5-20(25-11-17)27-15(2)30;1-2/h4-5,10-12,24H,3,6-9,13H2,1-2H3,(H,25,27,30);2H2,1H3/b16-10-,28-18?;. The van der Waals surface area contributed by atoms with Crippen LogP contribution in [0.15, 0.2) is 46.3 Å². The van der Waals surface area contributed by atoms with E-state index in [-0.39, 0.29) is 5.91 Å². The summed E-state index contributed by atoms with van der Waals surface area (Å²) in [5.41, 5.74) is 10.3. The maximum Gasteiger partial charge on any atom is 0.237 e. The van der Waals surface area contributed by atoms with Crippen LogP contribution in [0.25, 0.3) is 0 Å². The zero-order valence-electron chi connectivity index (χ0n) is 19.3. The molecule has 1 saturated heterocycles. The quantitative estimate of drug-likeness (QED) is 0.611. The van der Waals surface area contributed by atoms with E-state index >= 15 is 0 Å². The molecule has 2 aromatic heterocycles. The van der Waals surface area contributed by atoms with E-state index < -0.39 is 0 Å². The zero-order chi connectivity index (χ0) is 23.8. The molecular weight excluding hydrogens is 420 g/mol. The maximum absolute atomic E-state index is 11.2. The molecule has 1 amide bonds. The number of aliphatic imine (C=N–C) groups is 2. The molecule has 2 aliphatic rings. The average Bonchev–Trinajstić information content (AvgIpc) is 2.83. The van der Waals surface area contributed by atoms with Gasteiger partial charge in [-0.05, 0) is 44.8 Å². The minimum absolute atomic E-state index is 0.161. The van der Waals surface area contributed by atoms with E-state index in [0.717, 1.165) is 47.7 Å². The molecule has 10 nitrogen and oxygen atoms in total. The summed E-state index contributed by atoms with van der Waals surface area (Å²) >= 11 is 0. The molecule has 0 atom stereocenters. The number of aromatic nitrogens is 2. The lowest BCUT2D eigenvalue weighted by Gasteiger charge is -2.33. The first kappa shape index (κ1) is 23.9. The molecule has 10 heteroatoms. The number of fused-ring (bicyclic) bond motifs is 1. The van der Waals surface area contributed by atoms with Crippen molar-refractivity contribution in [3.63, 3.8) is 0 Å². The fourth-order valence-electron chi connectivity index (χ4n) is 3.72. The van der Waals surface area contributed by atoms with E-state index in [1.165, 1.54) is 14.0 Å². The summed E-state index contributed by atoms with van der Waals surface area (Å²) in [5, 5.41) is 6.05. The van der Waals surface area contributed by atoms with E-state index in [0.29, 0.717) is 30.5 Å². The molecule has 0 spiro atoms. The van der Waals surface area contributed by atoms with Gasteiger partial charge in [-0.1, -0.05) is 0 Å². The van der Waals surface area contributed by atoms with Crippen molar-refractivity contribution in [2.45, 2.75) is 20.3 Å². The van der Waals surface area contributed by atoms with Crippen molar-refractivity contribution in [3.8, 4) is 5.88 Å². The van der Waals surface area contributed by atoms with Crippen molar-refractivity contribution in [1.29, 1.82) is 0 Å². The van der Waals surface area contributed by atoms with Gasteiger partial charge in [0.05, 0.1) is 36.0 Å². The van der Waals surface area contributed by atoms with E-state index in [1.807, 2.05) is 12.3 Å². The topological polar surface area (TPSA) is 130 Å². The Morgan fingerprint density at radius 1 is 1.33 bits per heavy atom. The maximum atomic E-state index is 11.2. The first-order valence-corrected chi connectivity index (χ1v) is 10.7. The fraction of sp³-hybridized carbons (Fsp3) is 0.348. The lowest BCUT2D eigenvalue weighted by Crippen LogP contribution is -2.38. The highest BCUT2D eigenvalue weighted by atomic mass is 16.5. The predicted molar refractivity (Wildman–Crippen MR) is 133 cm³/mol. The SMILES string of the molecule is C=N/C=C1/CCN(c2cnc3c(c2C)NCCO3)CC1=Nc1ccc(NC(C)=O)nc1.CN. The van der Waals surface area contributed by atoms with Crippen LogP contribution in [0.4, 0.5) is 22.9 Å². The zero-order valence-corrected chi connectivity index (χ0v) is 19.3. The Morgan fingerprint density at radius 3 is 2.85 bits per heavy atom. The number of ether oxygens (including phenoxy) is 1.